The average molecular weight is 269 g/mol. The molecule has 0 radical (unpaired) electrons. The molecule has 4 heteroatoms. The van der Waals surface area contributed by atoms with Crippen LogP contribution in [0.15, 0.2) is 27.1 Å². The van der Waals surface area contributed by atoms with Crippen molar-refractivity contribution in [3.63, 3.8) is 0 Å². The number of hydrogen-bond donors (Lipinski definition) is 1. The Morgan fingerprint density at radius 1 is 1.53 bits per heavy atom. The van der Waals surface area contributed by atoms with Gasteiger partial charge in [-0.25, -0.2) is 4.98 Å². The standard InChI is InChI=1S/C11H13BrN2O/c1-7(6-13)4-11-14-9-5-8(12)2-3-10(9)15-11/h2-3,5,7H,4,6,13H2,1H3. The van der Waals surface area contributed by atoms with Crippen molar-refractivity contribution in [2.45, 2.75) is 13.3 Å². The highest BCUT2D eigenvalue weighted by Gasteiger charge is 2.09. The third kappa shape index (κ3) is 2.38. The molecule has 0 amide bonds. The van der Waals surface area contributed by atoms with Crippen LogP contribution in [-0.2, 0) is 6.42 Å². The second-order valence-corrected chi connectivity index (χ2v) is 4.68. The Bertz CT molecular complexity index is 467. The molecule has 1 atom stereocenters. The Kier molecular flexibility index (Phi) is 3.07. The quantitative estimate of drug-likeness (QED) is 0.932. The van der Waals surface area contributed by atoms with Crippen LogP contribution in [0, 0.1) is 5.92 Å². The lowest BCUT2D eigenvalue weighted by Gasteiger charge is -2.02. The number of aromatic nitrogens is 1. The fraction of sp³-hybridized carbons (Fsp3) is 0.364. The molecule has 0 aliphatic heterocycles. The van der Waals surface area contributed by atoms with E-state index in [-0.39, 0.29) is 0 Å². The molecule has 0 aliphatic rings. The SMILES string of the molecule is CC(CN)Cc1nc2cc(Br)ccc2o1. The van der Waals surface area contributed by atoms with Crippen molar-refractivity contribution in [3.05, 3.63) is 28.6 Å². The molecule has 1 heterocycles. The first-order valence-electron chi connectivity index (χ1n) is 4.94. The maximum absolute atomic E-state index is 5.61. The lowest BCUT2D eigenvalue weighted by molar-refractivity contribution is 0.468. The molecule has 0 fully saturated rings. The lowest BCUT2D eigenvalue weighted by atomic mass is 10.1. The second kappa shape index (κ2) is 4.33. The molecular weight excluding hydrogens is 256 g/mol. The number of oxazole rings is 1. The van der Waals surface area contributed by atoms with E-state index in [9.17, 15) is 0 Å². The highest BCUT2D eigenvalue weighted by atomic mass is 79.9. The summed E-state index contributed by atoms with van der Waals surface area (Å²) in [6, 6.07) is 5.82. The molecule has 0 aliphatic carbocycles. The first-order valence-corrected chi connectivity index (χ1v) is 5.73. The minimum atomic E-state index is 0.404. The van der Waals surface area contributed by atoms with E-state index in [1.807, 2.05) is 18.2 Å². The van der Waals surface area contributed by atoms with Gasteiger partial charge in [-0.1, -0.05) is 22.9 Å². The van der Waals surface area contributed by atoms with Gasteiger partial charge in [-0.2, -0.15) is 0 Å². The zero-order valence-corrected chi connectivity index (χ0v) is 10.1. The van der Waals surface area contributed by atoms with Crippen LogP contribution < -0.4 is 5.73 Å². The average Bonchev–Trinajstić information content (AvgIpc) is 2.59. The Labute approximate surface area is 96.8 Å². The van der Waals surface area contributed by atoms with Crippen LogP contribution in [0.3, 0.4) is 0 Å². The van der Waals surface area contributed by atoms with Crippen LogP contribution in [0.5, 0.6) is 0 Å². The summed E-state index contributed by atoms with van der Waals surface area (Å²) in [7, 11) is 0. The highest BCUT2D eigenvalue weighted by molar-refractivity contribution is 9.10. The molecule has 2 rings (SSSR count). The van der Waals surface area contributed by atoms with Gasteiger partial charge in [-0.15, -0.1) is 0 Å². The van der Waals surface area contributed by atoms with Crippen LogP contribution >= 0.6 is 15.9 Å². The summed E-state index contributed by atoms with van der Waals surface area (Å²) < 4.78 is 6.62. The van der Waals surface area contributed by atoms with Gasteiger partial charge in [-0.05, 0) is 30.7 Å². The number of fused-ring (bicyclic) bond motifs is 1. The highest BCUT2D eigenvalue weighted by Crippen LogP contribution is 2.21. The third-order valence-electron chi connectivity index (χ3n) is 2.32. The zero-order valence-electron chi connectivity index (χ0n) is 8.53. The van der Waals surface area contributed by atoms with Gasteiger partial charge < -0.3 is 10.2 Å². The Balaban J connectivity index is 2.30. The molecule has 0 saturated heterocycles. The monoisotopic (exact) mass is 268 g/mol. The van der Waals surface area contributed by atoms with Crippen molar-refractivity contribution in [3.8, 4) is 0 Å². The van der Waals surface area contributed by atoms with Crippen LogP contribution in [0.1, 0.15) is 12.8 Å². The van der Waals surface area contributed by atoms with Crippen molar-refractivity contribution in [2.75, 3.05) is 6.54 Å². The Morgan fingerprint density at radius 3 is 3.07 bits per heavy atom. The van der Waals surface area contributed by atoms with E-state index in [1.165, 1.54) is 0 Å². The molecule has 3 nitrogen and oxygen atoms in total. The summed E-state index contributed by atoms with van der Waals surface area (Å²) in [5.74, 6) is 1.17. The number of nitrogens with zero attached hydrogens (tertiary/aromatic N) is 1. The summed E-state index contributed by atoms with van der Waals surface area (Å²) >= 11 is 3.40. The topological polar surface area (TPSA) is 52.0 Å². The molecule has 15 heavy (non-hydrogen) atoms. The summed E-state index contributed by atoms with van der Waals surface area (Å²) in [5, 5.41) is 0. The number of halogens is 1. The minimum Gasteiger partial charge on any atom is -0.441 e. The molecular formula is C11H13BrN2O. The predicted molar refractivity (Wildman–Crippen MR) is 63.6 cm³/mol. The maximum Gasteiger partial charge on any atom is 0.195 e. The van der Waals surface area contributed by atoms with E-state index in [1.54, 1.807) is 0 Å². The van der Waals surface area contributed by atoms with Crippen LogP contribution in [0.25, 0.3) is 11.1 Å². The van der Waals surface area contributed by atoms with E-state index in [4.69, 9.17) is 10.2 Å². The molecule has 1 unspecified atom stereocenters. The second-order valence-electron chi connectivity index (χ2n) is 3.76. The molecule has 2 aromatic rings. The van der Waals surface area contributed by atoms with Gasteiger partial charge in [0.15, 0.2) is 11.5 Å². The number of nitrogens with two attached hydrogens (primary N) is 1. The predicted octanol–water partition coefficient (Wildman–Crippen LogP) is 2.73. The third-order valence-corrected chi connectivity index (χ3v) is 2.81. The molecule has 1 aromatic heterocycles. The van der Waals surface area contributed by atoms with Gasteiger partial charge in [0.05, 0.1) is 0 Å². The summed E-state index contributed by atoms with van der Waals surface area (Å²) in [4.78, 5) is 4.41. The number of hydrogen-bond acceptors (Lipinski definition) is 3. The Hall–Kier alpha value is -0.870. The Morgan fingerprint density at radius 2 is 2.33 bits per heavy atom. The fourth-order valence-corrected chi connectivity index (χ4v) is 1.77. The van der Waals surface area contributed by atoms with Crippen molar-refractivity contribution in [1.29, 1.82) is 0 Å². The van der Waals surface area contributed by atoms with Crippen molar-refractivity contribution in [2.24, 2.45) is 11.7 Å². The van der Waals surface area contributed by atoms with Gasteiger partial charge in [0, 0.05) is 10.9 Å². The van der Waals surface area contributed by atoms with Crippen LogP contribution in [-0.4, -0.2) is 11.5 Å². The largest absolute Gasteiger partial charge is 0.441 e. The summed E-state index contributed by atoms with van der Waals surface area (Å²) in [6.45, 7) is 2.74. The first kappa shape index (κ1) is 10.6. The summed E-state index contributed by atoms with van der Waals surface area (Å²) in [5.41, 5.74) is 7.28. The number of benzene rings is 1. The van der Waals surface area contributed by atoms with Gasteiger partial charge in [-0.3, -0.25) is 0 Å². The van der Waals surface area contributed by atoms with E-state index in [0.717, 1.165) is 27.9 Å². The molecule has 0 spiro atoms. The fourth-order valence-electron chi connectivity index (χ4n) is 1.42. The van der Waals surface area contributed by atoms with Gasteiger partial charge in [0.25, 0.3) is 0 Å². The van der Waals surface area contributed by atoms with Gasteiger partial charge in [0.1, 0.15) is 5.52 Å². The van der Waals surface area contributed by atoms with Crippen molar-refractivity contribution < 1.29 is 4.42 Å². The lowest BCUT2D eigenvalue weighted by Crippen LogP contribution is -2.13. The number of rotatable bonds is 3. The molecule has 0 saturated carbocycles. The zero-order chi connectivity index (χ0) is 10.8. The van der Waals surface area contributed by atoms with Crippen LogP contribution in [0.2, 0.25) is 0 Å². The molecule has 2 N–H and O–H groups in total. The van der Waals surface area contributed by atoms with Gasteiger partial charge >= 0.3 is 0 Å². The molecule has 1 aromatic carbocycles. The smallest absolute Gasteiger partial charge is 0.195 e. The van der Waals surface area contributed by atoms with Gasteiger partial charge in [0.2, 0.25) is 0 Å². The maximum atomic E-state index is 5.61. The van der Waals surface area contributed by atoms with E-state index < -0.39 is 0 Å². The molecule has 80 valence electrons. The summed E-state index contributed by atoms with van der Waals surface area (Å²) in [6.07, 6.45) is 0.794. The molecule has 0 bridgehead atoms. The van der Waals surface area contributed by atoms with E-state index in [2.05, 4.69) is 27.8 Å². The van der Waals surface area contributed by atoms with Crippen molar-refractivity contribution >= 4 is 27.0 Å². The van der Waals surface area contributed by atoms with E-state index >= 15 is 0 Å². The van der Waals surface area contributed by atoms with Crippen LogP contribution in [0.4, 0.5) is 0 Å². The van der Waals surface area contributed by atoms with E-state index in [0.29, 0.717) is 12.5 Å². The normalized spacial score (nSPS) is 13.3. The minimum absolute atomic E-state index is 0.404. The first-order chi connectivity index (χ1) is 7.19. The van der Waals surface area contributed by atoms with Crippen molar-refractivity contribution in [1.82, 2.24) is 4.98 Å².